The summed E-state index contributed by atoms with van der Waals surface area (Å²) < 4.78 is 1.84. The zero-order chi connectivity index (χ0) is 10.8. The van der Waals surface area contributed by atoms with Crippen molar-refractivity contribution in [3.8, 4) is 0 Å². The largest absolute Gasteiger partial charge is 0.272 e. The van der Waals surface area contributed by atoms with Crippen LogP contribution in [0.4, 0.5) is 0 Å². The molecule has 0 amide bonds. The fourth-order valence-electron chi connectivity index (χ4n) is 1.43. The molecule has 0 aliphatic heterocycles. The molecule has 0 radical (unpaired) electrons. The Morgan fingerprint density at radius 1 is 1.27 bits per heavy atom. The first-order valence-electron chi connectivity index (χ1n) is 4.57. The lowest BCUT2D eigenvalue weighted by Crippen LogP contribution is -1.99. The molecule has 15 heavy (non-hydrogen) atoms. The summed E-state index contributed by atoms with van der Waals surface area (Å²) in [6.45, 7) is 0. The quantitative estimate of drug-likeness (QED) is 0.788. The van der Waals surface area contributed by atoms with Crippen LogP contribution in [0.25, 0.3) is 0 Å². The van der Waals surface area contributed by atoms with Crippen molar-refractivity contribution < 1.29 is 0 Å². The maximum atomic E-state index is 6.08. The van der Waals surface area contributed by atoms with E-state index < -0.39 is 0 Å². The van der Waals surface area contributed by atoms with E-state index in [1.54, 1.807) is 12.3 Å². The van der Waals surface area contributed by atoms with Gasteiger partial charge in [0.1, 0.15) is 0 Å². The van der Waals surface area contributed by atoms with E-state index in [1.807, 2.05) is 29.9 Å². The van der Waals surface area contributed by atoms with Gasteiger partial charge in [0.25, 0.3) is 0 Å². The lowest BCUT2D eigenvalue weighted by atomic mass is 10.1. The molecule has 0 saturated heterocycles. The van der Waals surface area contributed by atoms with Crippen molar-refractivity contribution in [1.82, 2.24) is 9.78 Å². The summed E-state index contributed by atoms with van der Waals surface area (Å²) in [5.41, 5.74) is 2.18. The van der Waals surface area contributed by atoms with Gasteiger partial charge in [0.05, 0.1) is 0 Å². The fourth-order valence-corrected chi connectivity index (χ4v) is 1.91. The van der Waals surface area contributed by atoms with Crippen molar-refractivity contribution >= 4 is 23.2 Å². The molecule has 2 rings (SSSR count). The van der Waals surface area contributed by atoms with Gasteiger partial charge in [-0.25, -0.2) is 0 Å². The molecule has 0 spiro atoms. The van der Waals surface area contributed by atoms with Crippen molar-refractivity contribution in [1.29, 1.82) is 0 Å². The molecule has 0 bridgehead atoms. The lowest BCUT2D eigenvalue weighted by Gasteiger charge is -2.05. The number of hydrogen-bond donors (Lipinski definition) is 0. The van der Waals surface area contributed by atoms with Crippen LogP contribution in [-0.2, 0) is 13.5 Å². The van der Waals surface area contributed by atoms with E-state index in [0.29, 0.717) is 10.0 Å². The first-order chi connectivity index (χ1) is 7.16. The number of aromatic nitrogens is 2. The predicted octanol–water partition coefficient (Wildman–Crippen LogP) is 3.32. The van der Waals surface area contributed by atoms with Crippen LogP contribution in [0.5, 0.6) is 0 Å². The molecule has 0 aliphatic rings. The zero-order valence-electron chi connectivity index (χ0n) is 8.24. The van der Waals surface area contributed by atoms with Gasteiger partial charge >= 0.3 is 0 Å². The highest BCUT2D eigenvalue weighted by molar-refractivity contribution is 6.35. The smallest absolute Gasteiger partial charge is 0.0492 e. The standard InChI is InChI=1S/C11H10Cl2N2/c1-15-10(4-5-14-15)6-8-2-3-9(12)7-11(8)13/h2-5,7H,6H2,1H3. The van der Waals surface area contributed by atoms with Crippen molar-refractivity contribution in [2.24, 2.45) is 7.05 Å². The van der Waals surface area contributed by atoms with Gasteiger partial charge in [0, 0.05) is 35.4 Å². The first kappa shape index (κ1) is 10.5. The normalized spacial score (nSPS) is 10.6. The van der Waals surface area contributed by atoms with E-state index in [1.165, 1.54) is 0 Å². The average Bonchev–Trinajstić information content (AvgIpc) is 2.57. The molecule has 2 aromatic rings. The molecule has 4 heteroatoms. The van der Waals surface area contributed by atoms with Gasteiger partial charge < -0.3 is 0 Å². The Kier molecular flexibility index (Phi) is 2.98. The Morgan fingerprint density at radius 2 is 2.07 bits per heavy atom. The molecule has 2 nitrogen and oxygen atoms in total. The maximum Gasteiger partial charge on any atom is 0.0492 e. The van der Waals surface area contributed by atoms with Crippen molar-refractivity contribution in [2.75, 3.05) is 0 Å². The SMILES string of the molecule is Cn1nccc1Cc1ccc(Cl)cc1Cl. The molecule has 0 unspecified atom stereocenters. The Labute approximate surface area is 98.4 Å². The molecule has 1 aromatic carbocycles. The summed E-state index contributed by atoms with van der Waals surface area (Å²) >= 11 is 11.9. The van der Waals surface area contributed by atoms with E-state index in [9.17, 15) is 0 Å². The number of rotatable bonds is 2. The van der Waals surface area contributed by atoms with E-state index in [0.717, 1.165) is 17.7 Å². The van der Waals surface area contributed by atoms with Gasteiger partial charge in [-0.3, -0.25) is 4.68 Å². The minimum atomic E-state index is 0.661. The third-order valence-electron chi connectivity index (χ3n) is 2.31. The molecular formula is C11H10Cl2N2. The van der Waals surface area contributed by atoms with Crippen LogP contribution in [0.15, 0.2) is 30.5 Å². The van der Waals surface area contributed by atoms with E-state index in [4.69, 9.17) is 23.2 Å². The van der Waals surface area contributed by atoms with Crippen LogP contribution in [0.3, 0.4) is 0 Å². The molecular weight excluding hydrogens is 231 g/mol. The summed E-state index contributed by atoms with van der Waals surface area (Å²) in [6.07, 6.45) is 2.55. The highest BCUT2D eigenvalue weighted by atomic mass is 35.5. The third kappa shape index (κ3) is 2.33. The molecule has 1 aromatic heterocycles. The highest BCUT2D eigenvalue weighted by Crippen LogP contribution is 2.23. The zero-order valence-corrected chi connectivity index (χ0v) is 9.76. The number of benzene rings is 1. The van der Waals surface area contributed by atoms with Crippen LogP contribution >= 0.6 is 23.2 Å². The maximum absolute atomic E-state index is 6.08. The third-order valence-corrected chi connectivity index (χ3v) is 2.90. The van der Waals surface area contributed by atoms with Gasteiger partial charge in [-0.15, -0.1) is 0 Å². The highest BCUT2D eigenvalue weighted by Gasteiger charge is 2.05. The topological polar surface area (TPSA) is 17.8 Å². The van der Waals surface area contributed by atoms with Crippen LogP contribution in [0.1, 0.15) is 11.3 Å². The van der Waals surface area contributed by atoms with E-state index in [-0.39, 0.29) is 0 Å². The Hall–Kier alpha value is -0.990. The fraction of sp³-hybridized carbons (Fsp3) is 0.182. The van der Waals surface area contributed by atoms with Crippen LogP contribution in [0.2, 0.25) is 10.0 Å². The van der Waals surface area contributed by atoms with Crippen LogP contribution in [0, 0.1) is 0 Å². The van der Waals surface area contributed by atoms with Crippen molar-refractivity contribution in [2.45, 2.75) is 6.42 Å². The monoisotopic (exact) mass is 240 g/mol. The summed E-state index contributed by atoms with van der Waals surface area (Å²) in [5, 5.41) is 5.47. The summed E-state index contributed by atoms with van der Waals surface area (Å²) in [6, 6.07) is 7.52. The minimum Gasteiger partial charge on any atom is -0.272 e. The van der Waals surface area contributed by atoms with Crippen LogP contribution < -0.4 is 0 Å². The molecule has 78 valence electrons. The molecule has 0 saturated carbocycles. The summed E-state index contributed by atoms with van der Waals surface area (Å²) in [4.78, 5) is 0. The Morgan fingerprint density at radius 3 is 2.67 bits per heavy atom. The number of halogens is 2. The predicted molar refractivity (Wildman–Crippen MR) is 62.5 cm³/mol. The van der Waals surface area contributed by atoms with Gasteiger partial charge in [-0.2, -0.15) is 5.10 Å². The number of nitrogens with zero attached hydrogens (tertiary/aromatic N) is 2. The van der Waals surface area contributed by atoms with E-state index >= 15 is 0 Å². The van der Waals surface area contributed by atoms with Gasteiger partial charge in [0.2, 0.25) is 0 Å². The molecule has 0 atom stereocenters. The molecule has 1 heterocycles. The number of hydrogen-bond acceptors (Lipinski definition) is 1. The van der Waals surface area contributed by atoms with E-state index in [2.05, 4.69) is 5.10 Å². The Balaban J connectivity index is 2.29. The van der Waals surface area contributed by atoms with Crippen LogP contribution in [-0.4, -0.2) is 9.78 Å². The second kappa shape index (κ2) is 4.25. The second-order valence-corrected chi connectivity index (χ2v) is 4.20. The first-order valence-corrected chi connectivity index (χ1v) is 5.33. The average molecular weight is 241 g/mol. The second-order valence-electron chi connectivity index (χ2n) is 3.36. The summed E-state index contributed by atoms with van der Waals surface area (Å²) in [5.74, 6) is 0. The molecule has 0 aliphatic carbocycles. The minimum absolute atomic E-state index is 0.661. The van der Waals surface area contributed by atoms with Crippen molar-refractivity contribution in [3.63, 3.8) is 0 Å². The molecule has 0 N–H and O–H groups in total. The lowest BCUT2D eigenvalue weighted by molar-refractivity contribution is 0.724. The molecule has 0 fully saturated rings. The van der Waals surface area contributed by atoms with Gasteiger partial charge in [0.15, 0.2) is 0 Å². The number of aryl methyl sites for hydroxylation is 1. The van der Waals surface area contributed by atoms with Crippen molar-refractivity contribution in [3.05, 3.63) is 51.8 Å². The Bertz CT molecular complexity index is 477. The van der Waals surface area contributed by atoms with Gasteiger partial charge in [-0.1, -0.05) is 29.3 Å². The summed E-state index contributed by atoms with van der Waals surface area (Å²) in [7, 11) is 1.92. The van der Waals surface area contributed by atoms with Gasteiger partial charge in [-0.05, 0) is 23.8 Å².